The van der Waals surface area contributed by atoms with Gasteiger partial charge in [0.15, 0.2) is 5.75 Å². The molecule has 3 rings (SSSR count). The molecule has 1 saturated heterocycles. The van der Waals surface area contributed by atoms with Gasteiger partial charge in [0.25, 0.3) is 0 Å². The highest BCUT2D eigenvalue weighted by atomic mass is 35.5. The van der Waals surface area contributed by atoms with Crippen LogP contribution < -0.4 is 15.0 Å². The molecule has 1 aromatic carbocycles. The predicted octanol–water partition coefficient (Wildman–Crippen LogP) is 2.72. The van der Waals surface area contributed by atoms with Gasteiger partial charge in [-0.3, -0.25) is 0 Å². The van der Waals surface area contributed by atoms with E-state index in [0.717, 1.165) is 38.5 Å². The van der Waals surface area contributed by atoms with Crippen LogP contribution in [0.25, 0.3) is 0 Å². The van der Waals surface area contributed by atoms with E-state index in [1.807, 2.05) is 12.1 Å². The SMILES string of the molecule is Clc1cccc(Oc2cnc(N3CCCNCC3)nc2)c1. The zero-order valence-electron chi connectivity index (χ0n) is 11.6. The molecular formula is C15H17ClN4O. The van der Waals surface area contributed by atoms with Crippen LogP contribution in [0.3, 0.4) is 0 Å². The van der Waals surface area contributed by atoms with Gasteiger partial charge in [0, 0.05) is 24.7 Å². The van der Waals surface area contributed by atoms with Gasteiger partial charge in [-0.1, -0.05) is 17.7 Å². The third-order valence-electron chi connectivity index (χ3n) is 3.27. The van der Waals surface area contributed by atoms with E-state index >= 15 is 0 Å². The second kappa shape index (κ2) is 6.74. The lowest BCUT2D eigenvalue weighted by atomic mass is 10.3. The first kappa shape index (κ1) is 14.1. The highest BCUT2D eigenvalue weighted by Gasteiger charge is 2.12. The second-order valence-corrected chi connectivity index (χ2v) is 5.31. The second-order valence-electron chi connectivity index (χ2n) is 4.87. The first-order valence-corrected chi connectivity index (χ1v) is 7.40. The Morgan fingerprint density at radius 2 is 1.95 bits per heavy atom. The number of nitrogens with one attached hydrogen (secondary N) is 1. The topological polar surface area (TPSA) is 50.3 Å². The molecule has 6 heteroatoms. The summed E-state index contributed by atoms with van der Waals surface area (Å²) in [6.45, 7) is 3.91. The van der Waals surface area contributed by atoms with Crippen LogP contribution >= 0.6 is 11.6 Å². The maximum atomic E-state index is 5.93. The number of ether oxygens (including phenoxy) is 1. The molecule has 0 amide bonds. The van der Waals surface area contributed by atoms with Crippen LogP contribution in [0.15, 0.2) is 36.7 Å². The summed E-state index contributed by atoms with van der Waals surface area (Å²) in [6.07, 6.45) is 4.49. The Morgan fingerprint density at radius 1 is 1.10 bits per heavy atom. The number of hydrogen-bond acceptors (Lipinski definition) is 5. The Balaban J connectivity index is 1.68. The number of hydrogen-bond donors (Lipinski definition) is 1. The summed E-state index contributed by atoms with van der Waals surface area (Å²) in [5.41, 5.74) is 0. The number of aromatic nitrogens is 2. The van der Waals surface area contributed by atoms with Crippen molar-refractivity contribution in [1.82, 2.24) is 15.3 Å². The van der Waals surface area contributed by atoms with Crippen molar-refractivity contribution in [2.45, 2.75) is 6.42 Å². The monoisotopic (exact) mass is 304 g/mol. The molecule has 110 valence electrons. The fourth-order valence-electron chi connectivity index (χ4n) is 2.24. The van der Waals surface area contributed by atoms with Crippen molar-refractivity contribution in [2.24, 2.45) is 0 Å². The summed E-state index contributed by atoms with van der Waals surface area (Å²) in [7, 11) is 0. The number of benzene rings is 1. The normalized spacial score (nSPS) is 15.6. The minimum Gasteiger partial charge on any atom is -0.454 e. The molecular weight excluding hydrogens is 288 g/mol. The molecule has 0 atom stereocenters. The van der Waals surface area contributed by atoms with Crippen molar-refractivity contribution in [3.8, 4) is 11.5 Å². The van der Waals surface area contributed by atoms with Crippen molar-refractivity contribution >= 4 is 17.5 Å². The van der Waals surface area contributed by atoms with E-state index < -0.39 is 0 Å². The molecule has 21 heavy (non-hydrogen) atoms. The third-order valence-corrected chi connectivity index (χ3v) is 3.50. The quantitative estimate of drug-likeness (QED) is 0.945. The van der Waals surface area contributed by atoms with Gasteiger partial charge >= 0.3 is 0 Å². The molecule has 0 unspecified atom stereocenters. The largest absolute Gasteiger partial charge is 0.454 e. The Kier molecular flexibility index (Phi) is 4.52. The molecule has 0 saturated carbocycles. The summed E-state index contributed by atoms with van der Waals surface area (Å²) in [4.78, 5) is 11.0. The predicted molar refractivity (Wildman–Crippen MR) is 83.3 cm³/mol. The zero-order chi connectivity index (χ0) is 14.5. The van der Waals surface area contributed by atoms with E-state index in [2.05, 4.69) is 20.2 Å². The number of rotatable bonds is 3. The van der Waals surface area contributed by atoms with E-state index in [1.165, 1.54) is 0 Å². The Hall–Kier alpha value is -1.85. The van der Waals surface area contributed by atoms with Crippen molar-refractivity contribution in [3.63, 3.8) is 0 Å². The molecule has 1 aliphatic heterocycles. The first-order chi connectivity index (χ1) is 10.3. The van der Waals surface area contributed by atoms with Crippen LogP contribution in [-0.4, -0.2) is 36.1 Å². The molecule has 0 bridgehead atoms. The van der Waals surface area contributed by atoms with Gasteiger partial charge < -0.3 is 15.0 Å². The lowest BCUT2D eigenvalue weighted by Crippen LogP contribution is -2.29. The Morgan fingerprint density at radius 3 is 2.76 bits per heavy atom. The standard InChI is InChI=1S/C15H17ClN4O/c16-12-3-1-4-13(9-12)21-14-10-18-15(19-11-14)20-7-2-5-17-6-8-20/h1,3-4,9-11,17H,2,5-8H2. The number of anilines is 1. The molecule has 1 fully saturated rings. The summed E-state index contributed by atoms with van der Waals surface area (Å²) in [6, 6.07) is 7.26. The summed E-state index contributed by atoms with van der Waals surface area (Å²) >= 11 is 5.93. The third kappa shape index (κ3) is 3.83. The van der Waals surface area contributed by atoms with E-state index in [0.29, 0.717) is 16.5 Å². The summed E-state index contributed by atoms with van der Waals surface area (Å²) < 4.78 is 5.69. The fraction of sp³-hybridized carbons (Fsp3) is 0.333. The van der Waals surface area contributed by atoms with Crippen LogP contribution in [0.4, 0.5) is 5.95 Å². The summed E-state index contributed by atoms with van der Waals surface area (Å²) in [5.74, 6) is 2.03. The van der Waals surface area contributed by atoms with Crippen molar-refractivity contribution in [1.29, 1.82) is 0 Å². The molecule has 1 aliphatic rings. The van der Waals surface area contributed by atoms with Crippen molar-refractivity contribution in [2.75, 3.05) is 31.1 Å². The lowest BCUT2D eigenvalue weighted by Gasteiger charge is -2.19. The minimum atomic E-state index is 0.606. The maximum Gasteiger partial charge on any atom is 0.225 e. The van der Waals surface area contributed by atoms with Gasteiger partial charge in [-0.05, 0) is 31.2 Å². The van der Waals surface area contributed by atoms with E-state index in [-0.39, 0.29) is 0 Å². The van der Waals surface area contributed by atoms with Crippen molar-refractivity contribution in [3.05, 3.63) is 41.7 Å². The van der Waals surface area contributed by atoms with E-state index in [1.54, 1.807) is 24.5 Å². The fourth-order valence-corrected chi connectivity index (χ4v) is 2.42. The molecule has 2 heterocycles. The first-order valence-electron chi connectivity index (χ1n) is 7.02. The molecule has 0 radical (unpaired) electrons. The van der Waals surface area contributed by atoms with Gasteiger partial charge in [0.2, 0.25) is 5.95 Å². The average molecular weight is 305 g/mol. The smallest absolute Gasteiger partial charge is 0.225 e. The highest BCUT2D eigenvalue weighted by Crippen LogP contribution is 2.23. The minimum absolute atomic E-state index is 0.606. The highest BCUT2D eigenvalue weighted by molar-refractivity contribution is 6.30. The molecule has 1 aromatic heterocycles. The van der Waals surface area contributed by atoms with E-state index in [9.17, 15) is 0 Å². The van der Waals surface area contributed by atoms with Gasteiger partial charge in [-0.15, -0.1) is 0 Å². The molecule has 5 nitrogen and oxygen atoms in total. The van der Waals surface area contributed by atoms with Crippen LogP contribution in [0.2, 0.25) is 5.02 Å². The summed E-state index contributed by atoms with van der Waals surface area (Å²) in [5, 5.41) is 4.00. The number of nitrogens with zero attached hydrogens (tertiary/aromatic N) is 3. The lowest BCUT2D eigenvalue weighted by molar-refractivity contribution is 0.477. The van der Waals surface area contributed by atoms with Gasteiger partial charge in [-0.25, -0.2) is 9.97 Å². The average Bonchev–Trinajstić information content (AvgIpc) is 2.77. The van der Waals surface area contributed by atoms with Crippen LogP contribution in [0.1, 0.15) is 6.42 Å². The van der Waals surface area contributed by atoms with Crippen LogP contribution in [0, 0.1) is 0 Å². The molecule has 2 aromatic rings. The van der Waals surface area contributed by atoms with E-state index in [4.69, 9.17) is 16.3 Å². The Bertz CT molecular complexity index is 582. The zero-order valence-corrected chi connectivity index (χ0v) is 12.4. The van der Waals surface area contributed by atoms with Crippen LogP contribution in [0.5, 0.6) is 11.5 Å². The Labute approximate surface area is 128 Å². The van der Waals surface area contributed by atoms with Gasteiger partial charge in [0.1, 0.15) is 5.75 Å². The van der Waals surface area contributed by atoms with Crippen molar-refractivity contribution < 1.29 is 4.74 Å². The van der Waals surface area contributed by atoms with Gasteiger partial charge in [-0.2, -0.15) is 0 Å². The van der Waals surface area contributed by atoms with Gasteiger partial charge in [0.05, 0.1) is 12.4 Å². The molecule has 1 N–H and O–H groups in total. The maximum absolute atomic E-state index is 5.93. The number of halogens is 1. The molecule has 0 spiro atoms. The van der Waals surface area contributed by atoms with Crippen LogP contribution in [-0.2, 0) is 0 Å². The molecule has 0 aliphatic carbocycles.